The Kier molecular flexibility index (Phi) is 6.66. The summed E-state index contributed by atoms with van der Waals surface area (Å²) in [5.74, 6) is 0.868. The second-order valence-electron chi connectivity index (χ2n) is 6.91. The molecule has 3 rings (SSSR count). The number of halogens is 1. The Morgan fingerprint density at radius 2 is 2.15 bits per heavy atom. The Hall–Kier alpha value is -2.15. The number of nitrogens with zero attached hydrogens (tertiary/aromatic N) is 3. The largest absolute Gasteiger partial charge is 0.352 e. The van der Waals surface area contributed by atoms with Gasteiger partial charge in [-0.25, -0.2) is 4.39 Å². The molecule has 1 aliphatic carbocycles. The zero-order valence-corrected chi connectivity index (χ0v) is 16.3. The Morgan fingerprint density at radius 3 is 2.89 bits per heavy atom. The van der Waals surface area contributed by atoms with E-state index in [0.29, 0.717) is 29.0 Å². The molecule has 1 amide bonds. The topological polar surface area (TPSA) is 59.8 Å². The van der Waals surface area contributed by atoms with Gasteiger partial charge in [-0.3, -0.25) is 9.36 Å². The highest BCUT2D eigenvalue weighted by molar-refractivity contribution is 7.99. The molecule has 7 heteroatoms. The average Bonchev–Trinajstić information content (AvgIpc) is 3.05. The molecule has 0 spiro atoms. The van der Waals surface area contributed by atoms with Crippen LogP contribution in [0, 0.1) is 11.7 Å². The van der Waals surface area contributed by atoms with Crippen LogP contribution in [0.25, 0.3) is 11.4 Å². The predicted octanol–water partition coefficient (Wildman–Crippen LogP) is 4.06. The van der Waals surface area contributed by atoms with Crippen molar-refractivity contribution in [3.8, 4) is 11.4 Å². The summed E-state index contributed by atoms with van der Waals surface area (Å²) in [6.07, 6.45) is 6.33. The van der Waals surface area contributed by atoms with Gasteiger partial charge in [-0.2, -0.15) is 0 Å². The molecule has 1 N–H and O–H groups in total. The molecule has 1 aromatic heterocycles. The number of allylic oxidation sites excluding steroid dienone is 1. The van der Waals surface area contributed by atoms with E-state index in [4.69, 9.17) is 0 Å². The van der Waals surface area contributed by atoms with Crippen LogP contribution in [0.5, 0.6) is 0 Å². The van der Waals surface area contributed by atoms with Crippen molar-refractivity contribution in [1.29, 1.82) is 0 Å². The van der Waals surface area contributed by atoms with Gasteiger partial charge in [0.25, 0.3) is 0 Å². The zero-order valence-electron chi connectivity index (χ0n) is 15.5. The standard InChI is InChI=1S/C20H25FN4OS/c1-3-12-25-19(15-9-5-6-10-16(15)21)23-24-20(25)27-13-18(26)22-17-11-7-4-8-14(17)2/h3,5-6,9-10,14,17H,1,4,7-8,11-13H2,2H3,(H,22,26)/t14-,17-/m0/s1. The molecule has 0 bridgehead atoms. The highest BCUT2D eigenvalue weighted by Gasteiger charge is 2.23. The van der Waals surface area contributed by atoms with Crippen molar-refractivity contribution in [3.05, 3.63) is 42.7 Å². The molecular formula is C20H25FN4OS. The number of carbonyl (C=O) groups is 1. The van der Waals surface area contributed by atoms with Gasteiger partial charge in [-0.15, -0.1) is 16.8 Å². The number of benzene rings is 1. The van der Waals surface area contributed by atoms with Crippen molar-refractivity contribution in [3.63, 3.8) is 0 Å². The van der Waals surface area contributed by atoms with E-state index < -0.39 is 0 Å². The highest BCUT2D eigenvalue weighted by Crippen LogP contribution is 2.27. The number of hydrogen-bond acceptors (Lipinski definition) is 4. The maximum Gasteiger partial charge on any atom is 0.230 e. The highest BCUT2D eigenvalue weighted by atomic mass is 32.2. The molecular weight excluding hydrogens is 363 g/mol. The van der Waals surface area contributed by atoms with Gasteiger partial charge in [0.15, 0.2) is 11.0 Å². The van der Waals surface area contributed by atoms with Gasteiger partial charge in [0.05, 0.1) is 11.3 Å². The fourth-order valence-corrected chi connectivity index (χ4v) is 4.20. The van der Waals surface area contributed by atoms with E-state index in [1.165, 1.54) is 30.7 Å². The fourth-order valence-electron chi connectivity index (χ4n) is 3.44. The van der Waals surface area contributed by atoms with Crippen LogP contribution >= 0.6 is 11.8 Å². The number of rotatable bonds is 7. The summed E-state index contributed by atoms with van der Waals surface area (Å²) in [5, 5.41) is 12.0. The second-order valence-corrected chi connectivity index (χ2v) is 7.85. The normalized spacial score (nSPS) is 19.6. The minimum Gasteiger partial charge on any atom is -0.352 e. The van der Waals surface area contributed by atoms with Gasteiger partial charge in [0, 0.05) is 12.6 Å². The van der Waals surface area contributed by atoms with Crippen LogP contribution in [-0.4, -0.2) is 32.5 Å². The molecule has 0 saturated heterocycles. The van der Waals surface area contributed by atoms with E-state index in [1.807, 2.05) is 0 Å². The number of carbonyl (C=O) groups excluding carboxylic acids is 1. The third-order valence-electron chi connectivity index (χ3n) is 4.93. The third-order valence-corrected chi connectivity index (χ3v) is 5.90. The molecule has 2 aromatic rings. The van der Waals surface area contributed by atoms with E-state index in [1.54, 1.807) is 28.8 Å². The summed E-state index contributed by atoms with van der Waals surface area (Å²) in [4.78, 5) is 12.4. The summed E-state index contributed by atoms with van der Waals surface area (Å²) < 4.78 is 15.9. The number of thioether (sulfide) groups is 1. The molecule has 1 aromatic carbocycles. The lowest BCUT2D eigenvalue weighted by atomic mass is 9.86. The Balaban J connectivity index is 1.69. The second kappa shape index (κ2) is 9.17. The monoisotopic (exact) mass is 388 g/mol. The van der Waals surface area contributed by atoms with Crippen LogP contribution in [-0.2, 0) is 11.3 Å². The maximum atomic E-state index is 14.1. The molecule has 1 aliphatic rings. The first-order valence-corrected chi connectivity index (χ1v) is 10.3. The third kappa shape index (κ3) is 4.77. The van der Waals surface area contributed by atoms with E-state index in [0.717, 1.165) is 12.8 Å². The molecule has 0 aliphatic heterocycles. The van der Waals surface area contributed by atoms with Gasteiger partial charge < -0.3 is 5.32 Å². The molecule has 2 atom stereocenters. The Morgan fingerprint density at radius 1 is 1.37 bits per heavy atom. The van der Waals surface area contributed by atoms with Crippen molar-refractivity contribution in [2.24, 2.45) is 5.92 Å². The van der Waals surface area contributed by atoms with Crippen molar-refractivity contribution < 1.29 is 9.18 Å². The van der Waals surface area contributed by atoms with E-state index in [-0.39, 0.29) is 23.5 Å². The first kappa shape index (κ1) is 19.6. The molecule has 1 heterocycles. The van der Waals surface area contributed by atoms with Crippen molar-refractivity contribution in [2.45, 2.75) is 50.4 Å². The van der Waals surface area contributed by atoms with E-state index in [9.17, 15) is 9.18 Å². The first-order valence-electron chi connectivity index (χ1n) is 9.31. The van der Waals surface area contributed by atoms with Crippen LogP contribution < -0.4 is 5.32 Å². The molecule has 5 nitrogen and oxygen atoms in total. The lowest BCUT2D eigenvalue weighted by Gasteiger charge is -2.29. The first-order chi connectivity index (χ1) is 13.1. The van der Waals surface area contributed by atoms with Crippen molar-refractivity contribution >= 4 is 17.7 Å². The summed E-state index contributed by atoms with van der Waals surface area (Å²) in [6, 6.07) is 6.72. The van der Waals surface area contributed by atoms with Crippen LogP contribution in [0.15, 0.2) is 42.1 Å². The van der Waals surface area contributed by atoms with Crippen LogP contribution in [0.1, 0.15) is 32.6 Å². The maximum absolute atomic E-state index is 14.1. The van der Waals surface area contributed by atoms with Gasteiger partial charge in [-0.1, -0.05) is 49.7 Å². The van der Waals surface area contributed by atoms with Crippen molar-refractivity contribution in [2.75, 3.05) is 5.75 Å². The number of hydrogen-bond donors (Lipinski definition) is 1. The van der Waals surface area contributed by atoms with Gasteiger partial charge >= 0.3 is 0 Å². The lowest BCUT2D eigenvalue weighted by Crippen LogP contribution is -2.41. The summed E-state index contributed by atoms with van der Waals surface area (Å²) in [7, 11) is 0. The predicted molar refractivity (Wildman–Crippen MR) is 106 cm³/mol. The zero-order chi connectivity index (χ0) is 19.2. The fraction of sp³-hybridized carbons (Fsp3) is 0.450. The minimum atomic E-state index is -0.351. The van der Waals surface area contributed by atoms with Gasteiger partial charge in [0.1, 0.15) is 5.82 Å². The van der Waals surface area contributed by atoms with E-state index in [2.05, 4.69) is 29.0 Å². The summed E-state index contributed by atoms with van der Waals surface area (Å²) in [5.41, 5.74) is 0.388. The molecule has 0 unspecified atom stereocenters. The molecule has 27 heavy (non-hydrogen) atoms. The van der Waals surface area contributed by atoms with Crippen LogP contribution in [0.4, 0.5) is 4.39 Å². The summed E-state index contributed by atoms with van der Waals surface area (Å²) in [6.45, 7) is 6.39. The van der Waals surface area contributed by atoms with E-state index >= 15 is 0 Å². The van der Waals surface area contributed by atoms with Crippen LogP contribution in [0.2, 0.25) is 0 Å². The molecule has 1 fully saturated rings. The Bertz CT molecular complexity index is 807. The average molecular weight is 389 g/mol. The Labute approximate surface area is 163 Å². The lowest BCUT2D eigenvalue weighted by molar-refractivity contribution is -0.119. The molecule has 144 valence electrons. The van der Waals surface area contributed by atoms with Crippen molar-refractivity contribution in [1.82, 2.24) is 20.1 Å². The SMILES string of the molecule is C=CCn1c(SCC(=O)N[C@H]2CCCC[C@@H]2C)nnc1-c1ccccc1F. The quantitative estimate of drug-likeness (QED) is 0.574. The number of aromatic nitrogens is 3. The summed E-state index contributed by atoms with van der Waals surface area (Å²) >= 11 is 1.31. The smallest absolute Gasteiger partial charge is 0.230 e. The molecule has 0 radical (unpaired) electrons. The number of amides is 1. The number of nitrogens with one attached hydrogen (secondary N) is 1. The van der Waals surface area contributed by atoms with Gasteiger partial charge in [0.2, 0.25) is 5.91 Å². The molecule has 1 saturated carbocycles. The van der Waals surface area contributed by atoms with Crippen LogP contribution in [0.3, 0.4) is 0 Å². The minimum absolute atomic E-state index is 0.000607. The van der Waals surface area contributed by atoms with Gasteiger partial charge in [-0.05, 0) is 30.9 Å².